The predicted octanol–water partition coefficient (Wildman–Crippen LogP) is 2.63. The first kappa shape index (κ1) is 18.3. The zero-order valence-electron chi connectivity index (χ0n) is 14.3. The van der Waals surface area contributed by atoms with Crippen molar-refractivity contribution in [3.8, 4) is 0 Å². The molecule has 1 fully saturated rings. The maximum Gasteiger partial charge on any atom is 0.250 e. The first-order valence-corrected chi connectivity index (χ1v) is 9.44. The van der Waals surface area contributed by atoms with Crippen LogP contribution in [0.3, 0.4) is 0 Å². The number of aromatic nitrogens is 1. The summed E-state index contributed by atoms with van der Waals surface area (Å²) in [5.41, 5.74) is 1.59. The number of carbonyl (C=O) groups excluding carboxylic acids is 2. The lowest BCUT2D eigenvalue weighted by molar-refractivity contribution is -0.121. The highest BCUT2D eigenvalue weighted by atomic mass is 32.1. The number of benzene rings is 1. The van der Waals surface area contributed by atoms with E-state index < -0.39 is 0 Å². The number of hydrogen-bond acceptors (Lipinski definition) is 5. The van der Waals surface area contributed by atoms with Crippen LogP contribution in [0.15, 0.2) is 41.8 Å². The fourth-order valence-electron chi connectivity index (χ4n) is 2.59. The fraction of sp³-hybridized carbons (Fsp3) is 0.316. The van der Waals surface area contributed by atoms with Gasteiger partial charge in [0.2, 0.25) is 11.8 Å². The number of amides is 2. The molecule has 2 N–H and O–H groups in total. The number of hydrogen-bond donors (Lipinski definition) is 2. The maximum absolute atomic E-state index is 12.0. The summed E-state index contributed by atoms with van der Waals surface area (Å²) in [6.07, 6.45) is 5.56. The van der Waals surface area contributed by atoms with Crippen LogP contribution in [0, 0.1) is 0 Å². The molecular weight excluding hydrogens is 350 g/mol. The molecule has 0 aliphatic carbocycles. The Hall–Kier alpha value is -2.51. The number of carbonyl (C=O) groups is 2. The van der Waals surface area contributed by atoms with Crippen molar-refractivity contribution in [2.45, 2.75) is 25.4 Å². The zero-order valence-corrected chi connectivity index (χ0v) is 15.1. The summed E-state index contributed by atoms with van der Waals surface area (Å²) in [4.78, 5) is 28.2. The van der Waals surface area contributed by atoms with Gasteiger partial charge in [0, 0.05) is 24.6 Å². The van der Waals surface area contributed by atoms with Gasteiger partial charge in [-0.1, -0.05) is 30.3 Å². The highest BCUT2D eigenvalue weighted by molar-refractivity contribution is 7.14. The molecule has 0 spiro atoms. The molecule has 136 valence electrons. The van der Waals surface area contributed by atoms with E-state index in [0.717, 1.165) is 25.0 Å². The average Bonchev–Trinajstić information content (AvgIpc) is 3.31. The van der Waals surface area contributed by atoms with Gasteiger partial charge in [-0.3, -0.25) is 14.9 Å². The molecule has 3 rings (SSSR count). The summed E-state index contributed by atoms with van der Waals surface area (Å²) >= 11 is 1.30. The Morgan fingerprint density at radius 3 is 2.92 bits per heavy atom. The second-order valence-corrected chi connectivity index (χ2v) is 6.85. The van der Waals surface area contributed by atoms with Gasteiger partial charge in [-0.05, 0) is 24.5 Å². The standard InChI is InChI=1S/C19H21N3O3S/c23-17(9-8-14-5-2-1-3-6-14)22-19-21-15(13-26-19)11-18(24)20-12-16-7-4-10-25-16/h1-3,5-6,8-9,13,16H,4,7,10-12H2,(H,20,24)(H,21,22,23). The van der Waals surface area contributed by atoms with Gasteiger partial charge >= 0.3 is 0 Å². The van der Waals surface area contributed by atoms with Crippen LogP contribution >= 0.6 is 11.3 Å². The van der Waals surface area contributed by atoms with Gasteiger partial charge in [-0.2, -0.15) is 0 Å². The Bertz CT molecular complexity index is 767. The Morgan fingerprint density at radius 2 is 2.15 bits per heavy atom. The molecule has 0 saturated carbocycles. The Kier molecular flexibility index (Phi) is 6.51. The zero-order chi connectivity index (χ0) is 18.2. The molecular formula is C19H21N3O3S. The first-order chi connectivity index (χ1) is 12.7. The second kappa shape index (κ2) is 9.26. The highest BCUT2D eigenvalue weighted by Crippen LogP contribution is 2.16. The predicted molar refractivity (Wildman–Crippen MR) is 102 cm³/mol. The summed E-state index contributed by atoms with van der Waals surface area (Å²) < 4.78 is 5.47. The van der Waals surface area contributed by atoms with Crippen molar-refractivity contribution in [2.24, 2.45) is 0 Å². The monoisotopic (exact) mass is 371 g/mol. The molecule has 0 bridgehead atoms. The molecule has 2 heterocycles. The lowest BCUT2D eigenvalue weighted by Gasteiger charge is -2.09. The molecule has 1 unspecified atom stereocenters. The minimum absolute atomic E-state index is 0.0901. The molecule has 0 radical (unpaired) electrons. The molecule has 1 aromatic heterocycles. The Morgan fingerprint density at radius 1 is 1.31 bits per heavy atom. The van der Waals surface area contributed by atoms with Crippen molar-refractivity contribution in [1.29, 1.82) is 0 Å². The quantitative estimate of drug-likeness (QED) is 0.733. The summed E-state index contributed by atoms with van der Waals surface area (Å²) in [5.74, 6) is -0.342. The summed E-state index contributed by atoms with van der Waals surface area (Å²) in [7, 11) is 0. The second-order valence-electron chi connectivity index (χ2n) is 5.99. The lowest BCUT2D eigenvalue weighted by Crippen LogP contribution is -2.32. The number of rotatable bonds is 7. The van der Waals surface area contributed by atoms with E-state index in [0.29, 0.717) is 17.4 Å². The van der Waals surface area contributed by atoms with Crippen molar-refractivity contribution in [1.82, 2.24) is 10.3 Å². The number of thiazole rings is 1. The van der Waals surface area contributed by atoms with E-state index in [1.54, 1.807) is 11.5 Å². The normalized spacial score (nSPS) is 16.7. The van der Waals surface area contributed by atoms with E-state index in [1.165, 1.54) is 17.4 Å². The van der Waals surface area contributed by atoms with E-state index in [4.69, 9.17) is 4.74 Å². The van der Waals surface area contributed by atoms with Crippen LogP contribution < -0.4 is 10.6 Å². The minimum atomic E-state index is -0.252. The van der Waals surface area contributed by atoms with Crippen molar-refractivity contribution in [3.05, 3.63) is 53.0 Å². The maximum atomic E-state index is 12.0. The number of ether oxygens (including phenoxy) is 1. The molecule has 1 atom stereocenters. The molecule has 1 aliphatic rings. The van der Waals surface area contributed by atoms with Gasteiger partial charge in [0.15, 0.2) is 5.13 Å². The van der Waals surface area contributed by atoms with Crippen molar-refractivity contribution < 1.29 is 14.3 Å². The topological polar surface area (TPSA) is 80.3 Å². The van der Waals surface area contributed by atoms with Gasteiger partial charge in [-0.25, -0.2) is 4.98 Å². The molecule has 26 heavy (non-hydrogen) atoms. The number of nitrogens with zero attached hydrogens (tertiary/aromatic N) is 1. The molecule has 6 nitrogen and oxygen atoms in total. The molecule has 1 aromatic carbocycles. The number of nitrogens with one attached hydrogen (secondary N) is 2. The first-order valence-electron chi connectivity index (χ1n) is 8.56. The summed E-state index contributed by atoms with van der Waals surface area (Å²) in [6.45, 7) is 1.31. The van der Waals surface area contributed by atoms with Crippen LogP contribution in [0.1, 0.15) is 24.1 Å². The van der Waals surface area contributed by atoms with Crippen LogP contribution in [0.25, 0.3) is 6.08 Å². The lowest BCUT2D eigenvalue weighted by atomic mass is 10.2. The summed E-state index contributed by atoms with van der Waals surface area (Å²) in [5, 5.41) is 7.84. The van der Waals surface area contributed by atoms with Gasteiger partial charge in [0.25, 0.3) is 0 Å². The summed E-state index contributed by atoms with van der Waals surface area (Å²) in [6, 6.07) is 9.58. The smallest absolute Gasteiger partial charge is 0.250 e. The molecule has 2 aromatic rings. The average molecular weight is 371 g/mol. The van der Waals surface area contributed by atoms with Gasteiger partial charge < -0.3 is 10.1 Å². The van der Waals surface area contributed by atoms with E-state index in [1.807, 2.05) is 30.3 Å². The fourth-order valence-corrected chi connectivity index (χ4v) is 3.30. The van der Waals surface area contributed by atoms with E-state index in [-0.39, 0.29) is 24.3 Å². The third-order valence-electron chi connectivity index (χ3n) is 3.90. The third kappa shape index (κ3) is 5.79. The highest BCUT2D eigenvalue weighted by Gasteiger charge is 2.16. The van der Waals surface area contributed by atoms with E-state index >= 15 is 0 Å². The Labute approximate surface area is 156 Å². The van der Waals surface area contributed by atoms with Crippen molar-refractivity contribution >= 4 is 34.4 Å². The molecule has 1 aliphatic heterocycles. The largest absolute Gasteiger partial charge is 0.376 e. The van der Waals surface area contributed by atoms with Crippen LogP contribution in [-0.2, 0) is 20.7 Å². The van der Waals surface area contributed by atoms with Crippen LogP contribution in [-0.4, -0.2) is 36.1 Å². The van der Waals surface area contributed by atoms with E-state index in [9.17, 15) is 9.59 Å². The van der Waals surface area contributed by atoms with Gasteiger partial charge in [0.05, 0.1) is 18.2 Å². The SMILES string of the molecule is O=C(C=Cc1ccccc1)Nc1nc(CC(=O)NCC2CCCO2)cs1. The van der Waals surface area contributed by atoms with Crippen LogP contribution in [0.2, 0.25) is 0 Å². The van der Waals surface area contributed by atoms with Gasteiger partial charge in [0.1, 0.15) is 0 Å². The third-order valence-corrected chi connectivity index (χ3v) is 4.71. The van der Waals surface area contributed by atoms with Crippen molar-refractivity contribution in [3.63, 3.8) is 0 Å². The van der Waals surface area contributed by atoms with Crippen LogP contribution in [0.4, 0.5) is 5.13 Å². The van der Waals surface area contributed by atoms with Crippen molar-refractivity contribution in [2.75, 3.05) is 18.5 Å². The number of anilines is 1. The Balaban J connectivity index is 1.44. The molecule has 1 saturated heterocycles. The van der Waals surface area contributed by atoms with Gasteiger partial charge in [-0.15, -0.1) is 11.3 Å². The van der Waals surface area contributed by atoms with Crippen LogP contribution in [0.5, 0.6) is 0 Å². The molecule has 2 amide bonds. The van der Waals surface area contributed by atoms with E-state index in [2.05, 4.69) is 15.6 Å². The minimum Gasteiger partial charge on any atom is -0.376 e. The molecule has 7 heteroatoms.